The van der Waals surface area contributed by atoms with Gasteiger partial charge < -0.3 is 14.7 Å². The zero-order valence-corrected chi connectivity index (χ0v) is 18.6. The van der Waals surface area contributed by atoms with Crippen molar-refractivity contribution in [1.82, 2.24) is 5.06 Å². The normalized spacial score (nSPS) is 15.5. The molecule has 1 aromatic carbocycles. The summed E-state index contributed by atoms with van der Waals surface area (Å²) < 4.78 is 36.1. The summed E-state index contributed by atoms with van der Waals surface area (Å²) >= 11 is 0. The molecule has 188 valence electrons. The van der Waals surface area contributed by atoms with Crippen LogP contribution in [0.3, 0.4) is 0 Å². The van der Waals surface area contributed by atoms with E-state index in [4.69, 9.17) is 14.4 Å². The van der Waals surface area contributed by atoms with Crippen LogP contribution < -0.4 is 4.74 Å². The second kappa shape index (κ2) is 13.6. The van der Waals surface area contributed by atoms with Gasteiger partial charge in [-0.25, -0.2) is 4.79 Å². The summed E-state index contributed by atoms with van der Waals surface area (Å²) in [5.74, 6) is -3.99. The number of carbonyl (C=O) groups excluding carboxylic acids is 4. The predicted octanol–water partition coefficient (Wildman–Crippen LogP) is 0.158. The summed E-state index contributed by atoms with van der Waals surface area (Å²) in [5.41, 5.74) is -0.287. The molecule has 35 heavy (non-hydrogen) atoms. The average molecular weight is 526 g/mol. The maximum absolute atomic E-state index is 11.9. The Labute approximate surface area is 221 Å². The van der Waals surface area contributed by atoms with Crippen molar-refractivity contribution in [2.75, 3.05) is 0 Å². The number of amides is 2. The van der Waals surface area contributed by atoms with Crippen molar-refractivity contribution < 1.29 is 51.8 Å². The number of nitrogens with zero attached hydrogens (tertiary/aromatic N) is 2. The number of aliphatic hydroxyl groups excluding tert-OH is 1. The molecular formula is C19H23N2NaO12S. The molecule has 14 nitrogen and oxygen atoms in total. The van der Waals surface area contributed by atoms with E-state index in [1.54, 1.807) is 0 Å². The van der Waals surface area contributed by atoms with Gasteiger partial charge >= 0.3 is 41.5 Å². The van der Waals surface area contributed by atoms with Crippen LogP contribution in [0.25, 0.3) is 0 Å². The fourth-order valence-electron chi connectivity index (χ4n) is 3.04. The Balaban J connectivity index is 0.00000612. The molecule has 0 bridgehead atoms. The van der Waals surface area contributed by atoms with Crippen LogP contribution in [0.5, 0.6) is 5.75 Å². The molecule has 1 aromatic rings. The molecule has 16 heteroatoms. The molecular weight excluding hydrogens is 503 g/mol. The Morgan fingerprint density at radius 2 is 1.71 bits per heavy atom. The van der Waals surface area contributed by atoms with Crippen LogP contribution in [0.2, 0.25) is 0 Å². The number of aliphatic hydroxyl groups is 1. The molecule has 2 amide bonds. The Bertz CT molecular complexity index is 1090. The number of nitro groups is 1. The van der Waals surface area contributed by atoms with Crippen LogP contribution in [0.15, 0.2) is 18.2 Å². The van der Waals surface area contributed by atoms with Crippen molar-refractivity contribution in [2.45, 2.75) is 56.8 Å². The third-order valence-corrected chi connectivity index (χ3v) is 5.87. The molecule has 0 radical (unpaired) electrons. The van der Waals surface area contributed by atoms with Crippen LogP contribution in [0.1, 0.15) is 50.5 Å². The van der Waals surface area contributed by atoms with Gasteiger partial charge in [0.1, 0.15) is 5.75 Å². The predicted molar refractivity (Wildman–Crippen MR) is 117 cm³/mol. The number of rotatable bonds is 12. The standard InChI is InChI=1S/C19H22N2O12S.Na.H/c22-11-12-7-8-13(9-14(12)21(27)28)32-17(24)5-3-1-2-4-6-18(25)33-20-16(23)10-15(19(20)26)34(29,30)31;;/h7-9,15,22H,1-6,10-11H2,(H,29,30,31);;. The van der Waals surface area contributed by atoms with Crippen LogP contribution in [0, 0.1) is 10.1 Å². The molecule has 0 saturated carbocycles. The van der Waals surface area contributed by atoms with Gasteiger partial charge in [0.2, 0.25) is 0 Å². The number of carbonyl (C=O) groups is 4. The van der Waals surface area contributed by atoms with Crippen molar-refractivity contribution >= 4 is 69.1 Å². The van der Waals surface area contributed by atoms with E-state index >= 15 is 0 Å². The number of ether oxygens (including phenoxy) is 1. The van der Waals surface area contributed by atoms with Gasteiger partial charge in [-0.1, -0.05) is 12.8 Å². The molecule has 2 N–H and O–H groups in total. The zero-order valence-electron chi connectivity index (χ0n) is 17.7. The monoisotopic (exact) mass is 526 g/mol. The molecule has 1 heterocycles. The average Bonchev–Trinajstić information content (AvgIpc) is 3.04. The Kier molecular flexibility index (Phi) is 11.9. The van der Waals surface area contributed by atoms with Gasteiger partial charge in [0.25, 0.3) is 27.6 Å². The first kappa shape index (κ1) is 30.6. The fraction of sp³-hybridized carbons (Fsp3) is 0.474. The molecule has 1 unspecified atom stereocenters. The SMILES string of the molecule is O=C(CCCCCCC(=O)ON1C(=O)CC(S(=O)(=O)O)C1=O)Oc1ccc(CO)c([N+](=O)[O-])c1.[NaH]. The minimum absolute atomic E-state index is 0. The van der Waals surface area contributed by atoms with E-state index in [1.165, 1.54) is 12.1 Å². The second-order valence-corrected chi connectivity index (χ2v) is 8.89. The second-order valence-electron chi connectivity index (χ2n) is 7.29. The van der Waals surface area contributed by atoms with Gasteiger partial charge in [-0.05, 0) is 25.0 Å². The van der Waals surface area contributed by atoms with Crippen molar-refractivity contribution in [1.29, 1.82) is 0 Å². The van der Waals surface area contributed by atoms with Gasteiger partial charge in [0, 0.05) is 12.8 Å². The van der Waals surface area contributed by atoms with E-state index < -0.39 is 57.1 Å². The molecule has 1 aliphatic rings. The van der Waals surface area contributed by atoms with Crippen molar-refractivity contribution in [2.24, 2.45) is 0 Å². The van der Waals surface area contributed by atoms with Gasteiger partial charge in [-0.2, -0.15) is 8.42 Å². The number of unbranched alkanes of at least 4 members (excludes halogenated alkanes) is 3. The molecule has 0 aromatic heterocycles. The molecule has 1 atom stereocenters. The summed E-state index contributed by atoms with van der Waals surface area (Å²) in [4.78, 5) is 62.0. The number of hydrogen-bond donors (Lipinski definition) is 2. The number of esters is 1. The quantitative estimate of drug-likeness (QED) is 0.0545. The first-order valence-corrected chi connectivity index (χ1v) is 11.6. The molecule has 1 fully saturated rings. The van der Waals surface area contributed by atoms with Crippen molar-refractivity contribution in [3.8, 4) is 5.75 Å². The third-order valence-electron chi connectivity index (χ3n) is 4.78. The van der Waals surface area contributed by atoms with Gasteiger partial charge in [-0.15, -0.1) is 5.06 Å². The summed E-state index contributed by atoms with van der Waals surface area (Å²) in [6, 6.07) is 3.66. The molecule has 1 saturated heterocycles. The van der Waals surface area contributed by atoms with E-state index in [0.717, 1.165) is 6.07 Å². The van der Waals surface area contributed by atoms with E-state index in [-0.39, 0.29) is 64.5 Å². The topological polar surface area (TPSA) is 208 Å². The number of nitro benzene ring substituents is 1. The van der Waals surface area contributed by atoms with E-state index in [2.05, 4.69) is 4.84 Å². The third kappa shape index (κ3) is 8.94. The maximum atomic E-state index is 11.9. The summed E-state index contributed by atoms with van der Waals surface area (Å²) in [6.45, 7) is -0.534. The number of imide groups is 1. The van der Waals surface area contributed by atoms with Crippen LogP contribution in [-0.4, -0.2) is 86.6 Å². The van der Waals surface area contributed by atoms with Crippen molar-refractivity contribution in [3.05, 3.63) is 33.9 Å². The van der Waals surface area contributed by atoms with Crippen LogP contribution in [-0.2, 0) is 40.7 Å². The summed E-state index contributed by atoms with van der Waals surface area (Å²) in [6.07, 6.45) is 0.685. The number of hydrogen-bond acceptors (Lipinski definition) is 11. The Morgan fingerprint density at radius 1 is 1.11 bits per heavy atom. The van der Waals surface area contributed by atoms with Gasteiger partial charge in [-0.3, -0.25) is 29.1 Å². The molecule has 2 rings (SSSR count). The Morgan fingerprint density at radius 3 is 2.23 bits per heavy atom. The van der Waals surface area contributed by atoms with Crippen LogP contribution in [0.4, 0.5) is 5.69 Å². The van der Waals surface area contributed by atoms with E-state index in [9.17, 15) is 37.7 Å². The molecule has 1 aliphatic heterocycles. The van der Waals surface area contributed by atoms with Crippen LogP contribution >= 0.6 is 0 Å². The summed E-state index contributed by atoms with van der Waals surface area (Å²) in [7, 11) is -4.80. The first-order valence-electron chi connectivity index (χ1n) is 10.1. The fourth-order valence-corrected chi connectivity index (χ4v) is 3.75. The Hall–Kier alpha value is -2.43. The summed E-state index contributed by atoms with van der Waals surface area (Å²) in [5, 5.41) is 18.1. The van der Waals surface area contributed by atoms with Gasteiger partial charge in [0.15, 0.2) is 5.25 Å². The van der Waals surface area contributed by atoms with Gasteiger partial charge in [0.05, 0.1) is 29.6 Å². The molecule has 0 aliphatic carbocycles. The van der Waals surface area contributed by atoms with Crippen molar-refractivity contribution in [3.63, 3.8) is 0 Å². The minimum atomic E-state index is -4.80. The molecule has 0 spiro atoms. The number of benzene rings is 1. The number of hydroxylamine groups is 2. The van der Waals surface area contributed by atoms with E-state index in [0.29, 0.717) is 25.7 Å². The first-order chi connectivity index (χ1) is 15.9. The zero-order chi connectivity index (χ0) is 25.5. The van der Waals surface area contributed by atoms with E-state index in [1.807, 2.05) is 0 Å².